The zero-order valence-electron chi connectivity index (χ0n) is 18.6. The molecule has 0 aliphatic heterocycles. The molecule has 10 heteroatoms. The van der Waals surface area contributed by atoms with Crippen molar-refractivity contribution in [2.75, 3.05) is 0 Å². The molecule has 0 aliphatic rings. The Morgan fingerprint density at radius 2 is 1.55 bits per heavy atom. The van der Waals surface area contributed by atoms with Gasteiger partial charge in [-0.1, -0.05) is 32.0 Å². The van der Waals surface area contributed by atoms with Crippen LogP contribution >= 0.6 is 0 Å². The minimum Gasteiger partial charge on any atom is -0.508 e. The summed E-state index contributed by atoms with van der Waals surface area (Å²) in [4.78, 5) is 7.57. The van der Waals surface area contributed by atoms with Gasteiger partial charge in [-0.15, -0.1) is 0 Å². The highest BCUT2D eigenvalue weighted by Crippen LogP contribution is 2.28. The molecular weight excluding hydrogens is 430 g/mol. The Balaban J connectivity index is 0.000000235. The normalized spacial score (nSPS) is 11.4. The highest BCUT2D eigenvalue weighted by atomic mass is 19.1. The summed E-state index contributed by atoms with van der Waals surface area (Å²) in [5.41, 5.74) is 0.376. The standard InChI is InChI=1S/C13H12F2N6O.C10H14O/c14-10-1-2-11(12(15)3-10)13(22,4-20-8-16-6-18-20)5-21-9-17-7-19-21;1-7(2)9-5-4-8(3)10(11)6-9/h1-3,6-9,22H,4-5H2;4-7,11H,1-3H3. The third-order valence-corrected chi connectivity index (χ3v) is 5.11. The Kier molecular flexibility index (Phi) is 7.49. The molecule has 8 nitrogen and oxygen atoms in total. The summed E-state index contributed by atoms with van der Waals surface area (Å²) in [5.74, 6) is -0.675. The van der Waals surface area contributed by atoms with Crippen LogP contribution in [0.3, 0.4) is 0 Å². The van der Waals surface area contributed by atoms with Gasteiger partial charge in [-0.3, -0.25) is 0 Å². The molecule has 4 rings (SSSR count). The van der Waals surface area contributed by atoms with Crippen molar-refractivity contribution in [3.05, 3.63) is 90.0 Å². The van der Waals surface area contributed by atoms with Crippen molar-refractivity contribution in [3.63, 3.8) is 0 Å². The number of hydrogen-bond donors (Lipinski definition) is 2. The number of hydrogen-bond acceptors (Lipinski definition) is 6. The molecule has 0 spiro atoms. The summed E-state index contributed by atoms with van der Waals surface area (Å²) in [6, 6.07) is 8.86. The summed E-state index contributed by atoms with van der Waals surface area (Å²) >= 11 is 0. The van der Waals surface area contributed by atoms with Crippen LogP contribution < -0.4 is 0 Å². The van der Waals surface area contributed by atoms with E-state index < -0.39 is 17.2 Å². The molecule has 2 aromatic heterocycles. The van der Waals surface area contributed by atoms with Crippen LogP contribution in [0.2, 0.25) is 0 Å². The number of phenolic OH excluding ortho intramolecular Hbond substituents is 1. The van der Waals surface area contributed by atoms with E-state index in [9.17, 15) is 19.0 Å². The van der Waals surface area contributed by atoms with Gasteiger partial charge >= 0.3 is 0 Å². The quantitative estimate of drug-likeness (QED) is 0.460. The van der Waals surface area contributed by atoms with Crippen molar-refractivity contribution in [2.24, 2.45) is 0 Å². The van der Waals surface area contributed by atoms with E-state index in [4.69, 9.17) is 0 Å². The van der Waals surface area contributed by atoms with Crippen molar-refractivity contribution < 1.29 is 19.0 Å². The lowest BCUT2D eigenvalue weighted by molar-refractivity contribution is -0.00856. The molecule has 2 N–H and O–H groups in total. The first-order valence-electron chi connectivity index (χ1n) is 10.3. The van der Waals surface area contributed by atoms with Crippen molar-refractivity contribution in [1.82, 2.24) is 29.5 Å². The van der Waals surface area contributed by atoms with Crippen molar-refractivity contribution >= 4 is 0 Å². The van der Waals surface area contributed by atoms with Crippen LogP contribution in [0.25, 0.3) is 0 Å². The fourth-order valence-electron chi connectivity index (χ4n) is 3.24. The van der Waals surface area contributed by atoms with E-state index in [2.05, 4.69) is 40.1 Å². The molecule has 0 amide bonds. The van der Waals surface area contributed by atoms with Crippen molar-refractivity contribution in [2.45, 2.75) is 45.4 Å². The van der Waals surface area contributed by atoms with E-state index >= 15 is 0 Å². The van der Waals surface area contributed by atoms with Gasteiger partial charge < -0.3 is 10.2 Å². The highest BCUT2D eigenvalue weighted by Gasteiger charge is 2.34. The first-order valence-corrected chi connectivity index (χ1v) is 10.3. The topological polar surface area (TPSA) is 102 Å². The first kappa shape index (κ1) is 24.0. The number of aryl methyl sites for hydroxylation is 1. The van der Waals surface area contributed by atoms with Gasteiger partial charge in [0.15, 0.2) is 0 Å². The molecule has 4 aromatic rings. The van der Waals surface area contributed by atoms with E-state index in [0.29, 0.717) is 11.7 Å². The zero-order chi connectivity index (χ0) is 24.0. The molecule has 0 saturated carbocycles. The number of rotatable bonds is 6. The van der Waals surface area contributed by atoms with Crippen LogP contribution in [-0.4, -0.2) is 39.7 Å². The van der Waals surface area contributed by atoms with Crippen LogP contribution in [0.1, 0.15) is 36.5 Å². The van der Waals surface area contributed by atoms with Gasteiger partial charge in [0.05, 0.1) is 13.1 Å². The molecule has 0 saturated heterocycles. The third kappa shape index (κ3) is 6.19. The lowest BCUT2D eigenvalue weighted by Gasteiger charge is -2.28. The fraction of sp³-hybridized carbons (Fsp3) is 0.304. The fourth-order valence-corrected chi connectivity index (χ4v) is 3.24. The molecule has 2 aromatic carbocycles. The SMILES string of the molecule is Cc1ccc(C(C)C)cc1O.OC(Cn1cncn1)(Cn1cncn1)c1ccc(F)cc1F. The number of nitrogens with zero attached hydrogens (tertiary/aromatic N) is 6. The molecule has 174 valence electrons. The monoisotopic (exact) mass is 456 g/mol. The summed E-state index contributed by atoms with van der Waals surface area (Å²) in [6.45, 7) is 5.98. The highest BCUT2D eigenvalue weighted by molar-refractivity contribution is 5.36. The van der Waals surface area contributed by atoms with Gasteiger partial charge in [0.1, 0.15) is 48.3 Å². The lowest BCUT2D eigenvalue weighted by Crippen LogP contribution is -2.37. The van der Waals surface area contributed by atoms with E-state index in [-0.39, 0.29) is 18.7 Å². The molecule has 0 atom stereocenters. The average Bonchev–Trinajstić information content (AvgIpc) is 3.44. The van der Waals surface area contributed by atoms with Gasteiger partial charge in [0.2, 0.25) is 0 Å². The Labute approximate surface area is 190 Å². The minimum absolute atomic E-state index is 0.0556. The van der Waals surface area contributed by atoms with Gasteiger partial charge in [0, 0.05) is 11.6 Å². The maximum absolute atomic E-state index is 14.1. The van der Waals surface area contributed by atoms with Gasteiger partial charge in [-0.25, -0.2) is 28.1 Å². The maximum atomic E-state index is 14.1. The van der Waals surface area contributed by atoms with Crippen LogP contribution in [-0.2, 0) is 18.7 Å². The number of aromatic nitrogens is 6. The molecular formula is C23H26F2N6O2. The predicted octanol–water partition coefficient (Wildman–Crippen LogP) is 3.56. The van der Waals surface area contributed by atoms with Crippen molar-refractivity contribution in [3.8, 4) is 5.75 Å². The number of benzene rings is 2. The van der Waals surface area contributed by atoms with Gasteiger partial charge in [0.25, 0.3) is 0 Å². The largest absolute Gasteiger partial charge is 0.508 e. The first-order chi connectivity index (χ1) is 15.7. The number of phenols is 1. The van der Waals surface area contributed by atoms with Crippen LogP contribution in [0.5, 0.6) is 5.75 Å². The molecule has 0 unspecified atom stereocenters. The summed E-state index contributed by atoms with van der Waals surface area (Å²) in [6.07, 6.45) is 5.40. The zero-order valence-corrected chi connectivity index (χ0v) is 18.6. The lowest BCUT2D eigenvalue weighted by atomic mass is 9.93. The molecule has 0 radical (unpaired) electrons. The van der Waals surface area contributed by atoms with Crippen LogP contribution in [0.15, 0.2) is 61.7 Å². The number of aliphatic hydroxyl groups is 1. The summed E-state index contributed by atoms with van der Waals surface area (Å²) in [7, 11) is 0. The molecule has 33 heavy (non-hydrogen) atoms. The van der Waals surface area contributed by atoms with Gasteiger partial charge in [-0.2, -0.15) is 10.2 Å². The van der Waals surface area contributed by atoms with Crippen molar-refractivity contribution in [1.29, 1.82) is 0 Å². The second kappa shape index (κ2) is 10.3. The van der Waals surface area contributed by atoms with E-state index in [1.54, 1.807) is 0 Å². The van der Waals surface area contributed by atoms with E-state index in [0.717, 1.165) is 17.7 Å². The summed E-state index contributed by atoms with van der Waals surface area (Å²) < 4.78 is 29.9. The van der Waals surface area contributed by atoms with E-state index in [1.165, 1.54) is 46.3 Å². The molecule has 2 heterocycles. The van der Waals surface area contributed by atoms with Crippen LogP contribution in [0.4, 0.5) is 8.78 Å². The Morgan fingerprint density at radius 1 is 0.939 bits per heavy atom. The van der Waals surface area contributed by atoms with Crippen LogP contribution in [0, 0.1) is 18.6 Å². The Bertz CT molecular complexity index is 1130. The minimum atomic E-state index is -1.70. The second-order valence-electron chi connectivity index (χ2n) is 8.04. The van der Waals surface area contributed by atoms with Gasteiger partial charge in [-0.05, 0) is 36.1 Å². The summed E-state index contributed by atoms with van der Waals surface area (Å²) in [5, 5.41) is 28.1. The van der Waals surface area contributed by atoms with E-state index in [1.807, 2.05) is 19.1 Å². The molecule has 0 fully saturated rings. The number of halogens is 2. The maximum Gasteiger partial charge on any atom is 0.137 e. The molecule has 0 bridgehead atoms. The number of aromatic hydroxyl groups is 1. The molecule has 0 aliphatic carbocycles. The Hall–Kier alpha value is -3.66. The predicted molar refractivity (Wildman–Crippen MR) is 117 cm³/mol. The Morgan fingerprint density at radius 3 is 2.00 bits per heavy atom. The third-order valence-electron chi connectivity index (χ3n) is 5.11. The smallest absolute Gasteiger partial charge is 0.137 e. The average molecular weight is 456 g/mol. The second-order valence-corrected chi connectivity index (χ2v) is 8.04.